The number of sulfone groups is 1. The Morgan fingerprint density at radius 3 is 2.78 bits per heavy atom. The molecule has 23 heavy (non-hydrogen) atoms. The molecule has 0 saturated carbocycles. The minimum absolute atomic E-state index is 0.176. The average molecular weight is 334 g/mol. The highest BCUT2D eigenvalue weighted by Crippen LogP contribution is 2.32. The number of hydrogen-bond donors (Lipinski definition) is 0. The van der Waals surface area contributed by atoms with Crippen molar-refractivity contribution in [3.05, 3.63) is 47.9 Å². The largest absolute Gasteiger partial charge is 0.359 e. The number of hydrogen-bond acceptors (Lipinski definition) is 5. The second-order valence-electron chi connectivity index (χ2n) is 6.05. The Labute approximate surface area is 137 Å². The van der Waals surface area contributed by atoms with Crippen LogP contribution in [-0.2, 0) is 9.84 Å². The standard InChI is InChI=1S/C17H22N2O3S/c1-14-13-17(22-18-14)16-9-5-10-19(16)11-6-12-23(20,21)15-7-3-2-4-8-15/h2-4,7-8,13,16H,5-6,9-12H2,1H3/t16-/m1/s1. The molecular weight excluding hydrogens is 312 g/mol. The first kappa shape index (κ1) is 16.2. The third kappa shape index (κ3) is 3.82. The zero-order chi connectivity index (χ0) is 16.3. The molecule has 2 aromatic rings. The maximum absolute atomic E-state index is 12.3. The van der Waals surface area contributed by atoms with Crippen molar-refractivity contribution in [2.75, 3.05) is 18.8 Å². The van der Waals surface area contributed by atoms with Gasteiger partial charge in [0.2, 0.25) is 0 Å². The molecule has 1 fully saturated rings. The van der Waals surface area contributed by atoms with Gasteiger partial charge >= 0.3 is 0 Å². The van der Waals surface area contributed by atoms with E-state index in [1.165, 1.54) is 0 Å². The molecule has 2 heterocycles. The van der Waals surface area contributed by atoms with Gasteiger partial charge in [-0.15, -0.1) is 0 Å². The lowest BCUT2D eigenvalue weighted by atomic mass is 10.1. The Morgan fingerprint density at radius 2 is 2.09 bits per heavy atom. The summed E-state index contributed by atoms with van der Waals surface area (Å²) < 4.78 is 30.0. The van der Waals surface area contributed by atoms with Gasteiger partial charge in [-0.3, -0.25) is 4.90 Å². The zero-order valence-corrected chi connectivity index (χ0v) is 14.1. The van der Waals surface area contributed by atoms with Crippen LogP contribution in [0, 0.1) is 6.92 Å². The fourth-order valence-corrected chi connectivity index (χ4v) is 4.48. The number of aromatic nitrogens is 1. The number of nitrogens with zero attached hydrogens (tertiary/aromatic N) is 2. The molecule has 1 aromatic carbocycles. The van der Waals surface area contributed by atoms with Crippen molar-refractivity contribution in [2.24, 2.45) is 0 Å². The zero-order valence-electron chi connectivity index (χ0n) is 13.3. The van der Waals surface area contributed by atoms with Crippen LogP contribution in [0.3, 0.4) is 0 Å². The molecule has 1 atom stereocenters. The molecule has 5 nitrogen and oxygen atoms in total. The van der Waals surface area contributed by atoms with Crippen molar-refractivity contribution in [3.63, 3.8) is 0 Å². The lowest BCUT2D eigenvalue weighted by Gasteiger charge is -2.22. The van der Waals surface area contributed by atoms with E-state index in [0.717, 1.165) is 37.4 Å². The summed E-state index contributed by atoms with van der Waals surface area (Å²) in [5.74, 6) is 1.07. The molecule has 1 aliphatic heterocycles. The summed E-state index contributed by atoms with van der Waals surface area (Å²) in [6.07, 6.45) is 2.77. The Morgan fingerprint density at radius 1 is 1.30 bits per heavy atom. The fraction of sp³-hybridized carbons (Fsp3) is 0.471. The van der Waals surface area contributed by atoms with Crippen molar-refractivity contribution >= 4 is 9.84 Å². The van der Waals surface area contributed by atoms with Crippen LogP contribution in [0.1, 0.15) is 36.8 Å². The quantitative estimate of drug-likeness (QED) is 0.812. The normalized spacial score (nSPS) is 19.3. The second-order valence-corrected chi connectivity index (χ2v) is 8.16. The van der Waals surface area contributed by atoms with Gasteiger partial charge in [-0.1, -0.05) is 23.4 Å². The third-order valence-electron chi connectivity index (χ3n) is 4.30. The Balaban J connectivity index is 1.58. The molecule has 0 radical (unpaired) electrons. The summed E-state index contributed by atoms with van der Waals surface area (Å²) in [6.45, 7) is 3.66. The molecular formula is C17H22N2O3S. The summed E-state index contributed by atoms with van der Waals surface area (Å²) in [5.41, 5.74) is 0.888. The first-order chi connectivity index (χ1) is 11.1. The molecule has 1 aliphatic rings. The summed E-state index contributed by atoms with van der Waals surface area (Å²) in [7, 11) is -3.19. The predicted octanol–water partition coefficient (Wildman–Crippen LogP) is 2.98. The van der Waals surface area contributed by atoms with Crippen LogP contribution < -0.4 is 0 Å². The van der Waals surface area contributed by atoms with Gasteiger partial charge in [0.05, 0.1) is 22.4 Å². The maximum atomic E-state index is 12.3. The van der Waals surface area contributed by atoms with E-state index in [2.05, 4.69) is 10.1 Å². The molecule has 0 N–H and O–H groups in total. The molecule has 0 amide bonds. The molecule has 0 bridgehead atoms. The highest BCUT2D eigenvalue weighted by Gasteiger charge is 2.29. The van der Waals surface area contributed by atoms with E-state index in [9.17, 15) is 8.42 Å². The van der Waals surface area contributed by atoms with Crippen LogP contribution in [-0.4, -0.2) is 37.3 Å². The van der Waals surface area contributed by atoms with E-state index >= 15 is 0 Å². The number of aryl methyl sites for hydroxylation is 1. The minimum atomic E-state index is -3.19. The van der Waals surface area contributed by atoms with Gasteiger partial charge in [0.1, 0.15) is 0 Å². The van der Waals surface area contributed by atoms with Gasteiger partial charge in [-0.25, -0.2) is 8.42 Å². The molecule has 1 saturated heterocycles. The summed E-state index contributed by atoms with van der Waals surface area (Å²) >= 11 is 0. The van der Waals surface area contributed by atoms with Crippen LogP contribution in [0.25, 0.3) is 0 Å². The van der Waals surface area contributed by atoms with Gasteiger partial charge < -0.3 is 4.52 Å². The van der Waals surface area contributed by atoms with Gasteiger partial charge in [0.15, 0.2) is 15.6 Å². The summed E-state index contributed by atoms with van der Waals surface area (Å²) in [5, 5.41) is 3.96. The summed E-state index contributed by atoms with van der Waals surface area (Å²) in [4.78, 5) is 2.71. The molecule has 0 aliphatic carbocycles. The lowest BCUT2D eigenvalue weighted by Crippen LogP contribution is -2.25. The monoisotopic (exact) mass is 334 g/mol. The van der Waals surface area contributed by atoms with Gasteiger partial charge in [-0.05, 0) is 51.4 Å². The minimum Gasteiger partial charge on any atom is -0.359 e. The number of likely N-dealkylation sites (tertiary alicyclic amines) is 1. The number of rotatable bonds is 6. The Kier molecular flexibility index (Phi) is 4.82. The van der Waals surface area contributed by atoms with E-state index in [4.69, 9.17) is 4.52 Å². The molecule has 6 heteroatoms. The van der Waals surface area contributed by atoms with E-state index in [0.29, 0.717) is 11.3 Å². The molecule has 3 rings (SSSR count). The maximum Gasteiger partial charge on any atom is 0.178 e. The van der Waals surface area contributed by atoms with Crippen molar-refractivity contribution < 1.29 is 12.9 Å². The molecule has 124 valence electrons. The fourth-order valence-electron chi connectivity index (χ4n) is 3.16. The Bertz CT molecular complexity index is 740. The van der Waals surface area contributed by atoms with Crippen LogP contribution >= 0.6 is 0 Å². The third-order valence-corrected chi connectivity index (χ3v) is 6.12. The SMILES string of the molecule is Cc1cc([C@H]2CCCN2CCCS(=O)(=O)c2ccccc2)on1. The van der Waals surface area contributed by atoms with Crippen LogP contribution in [0.4, 0.5) is 0 Å². The summed E-state index contributed by atoms with van der Waals surface area (Å²) in [6, 6.07) is 10.9. The molecule has 1 aromatic heterocycles. The smallest absolute Gasteiger partial charge is 0.178 e. The van der Waals surface area contributed by atoms with Crippen LogP contribution in [0.15, 0.2) is 45.8 Å². The van der Waals surface area contributed by atoms with E-state index in [1.807, 2.05) is 19.1 Å². The molecule has 0 spiro atoms. The van der Waals surface area contributed by atoms with Gasteiger partial charge in [-0.2, -0.15) is 0 Å². The average Bonchev–Trinajstić information content (AvgIpc) is 3.17. The van der Waals surface area contributed by atoms with E-state index in [1.54, 1.807) is 24.3 Å². The number of benzene rings is 1. The second kappa shape index (κ2) is 6.84. The lowest BCUT2D eigenvalue weighted by molar-refractivity contribution is 0.214. The van der Waals surface area contributed by atoms with Crippen LogP contribution in [0.5, 0.6) is 0 Å². The predicted molar refractivity (Wildman–Crippen MR) is 87.9 cm³/mol. The first-order valence-corrected chi connectivity index (χ1v) is 9.66. The van der Waals surface area contributed by atoms with E-state index in [-0.39, 0.29) is 11.8 Å². The highest BCUT2D eigenvalue weighted by atomic mass is 32.2. The van der Waals surface area contributed by atoms with Crippen LogP contribution in [0.2, 0.25) is 0 Å². The highest BCUT2D eigenvalue weighted by molar-refractivity contribution is 7.91. The van der Waals surface area contributed by atoms with Crippen molar-refractivity contribution in [1.29, 1.82) is 0 Å². The van der Waals surface area contributed by atoms with Crippen molar-refractivity contribution in [2.45, 2.75) is 37.1 Å². The Hall–Kier alpha value is -1.66. The molecule has 0 unspecified atom stereocenters. The van der Waals surface area contributed by atoms with Gasteiger partial charge in [0.25, 0.3) is 0 Å². The van der Waals surface area contributed by atoms with Crippen molar-refractivity contribution in [1.82, 2.24) is 10.1 Å². The first-order valence-electron chi connectivity index (χ1n) is 8.01. The van der Waals surface area contributed by atoms with Gasteiger partial charge in [0, 0.05) is 6.07 Å². The van der Waals surface area contributed by atoms with E-state index < -0.39 is 9.84 Å². The topological polar surface area (TPSA) is 63.4 Å². The van der Waals surface area contributed by atoms with Crippen molar-refractivity contribution in [3.8, 4) is 0 Å².